The Balaban J connectivity index is 1.65. The average molecular weight is 304 g/mol. The third kappa shape index (κ3) is 3.04. The Morgan fingerprint density at radius 3 is 2.82 bits per heavy atom. The van der Waals surface area contributed by atoms with Crippen LogP contribution in [0.15, 0.2) is 24.3 Å². The number of hydrogen-bond donors (Lipinski definition) is 1. The molecular weight excluding hydrogens is 280 g/mol. The molecule has 2 unspecified atom stereocenters. The largest absolute Gasteiger partial charge is 0.497 e. The number of hydrogen-bond acceptors (Lipinski definition) is 4. The van der Waals surface area contributed by atoms with Gasteiger partial charge in [0.25, 0.3) is 0 Å². The molecule has 2 atom stereocenters. The van der Waals surface area contributed by atoms with Crippen molar-refractivity contribution in [2.24, 2.45) is 5.92 Å². The molecule has 1 aromatic carbocycles. The molecule has 1 N–H and O–H groups in total. The van der Waals surface area contributed by atoms with Crippen molar-refractivity contribution in [1.82, 2.24) is 10.2 Å². The van der Waals surface area contributed by atoms with Gasteiger partial charge in [0.15, 0.2) is 0 Å². The number of rotatable bonds is 4. The summed E-state index contributed by atoms with van der Waals surface area (Å²) in [5.41, 5.74) is 0.709. The molecule has 3 rings (SSSR count). The second-order valence-corrected chi connectivity index (χ2v) is 6.43. The van der Waals surface area contributed by atoms with E-state index in [0.29, 0.717) is 19.0 Å². The summed E-state index contributed by atoms with van der Waals surface area (Å²) in [6, 6.07) is 7.82. The molecule has 5 heteroatoms. The van der Waals surface area contributed by atoms with Crippen LogP contribution in [0.3, 0.4) is 0 Å². The van der Waals surface area contributed by atoms with E-state index in [2.05, 4.69) is 12.2 Å². The van der Waals surface area contributed by atoms with Crippen LogP contribution in [0, 0.1) is 5.92 Å². The minimum atomic E-state index is -0.378. The number of amides is 1. The number of piperidine rings is 1. The van der Waals surface area contributed by atoms with Crippen LogP contribution in [0.1, 0.15) is 25.3 Å². The van der Waals surface area contributed by atoms with Gasteiger partial charge in [0.05, 0.1) is 13.7 Å². The van der Waals surface area contributed by atoms with Crippen molar-refractivity contribution in [3.05, 3.63) is 29.8 Å². The Bertz CT molecular complexity index is 525. The molecule has 0 saturated carbocycles. The second kappa shape index (κ2) is 6.16. The number of carbonyl (C=O) groups excluding carboxylic acids is 1. The SMILES string of the molecule is COc1ccc(CN2CC(C)(C3CCCNC3)OC2=O)cc1. The first-order valence-corrected chi connectivity index (χ1v) is 7.92. The summed E-state index contributed by atoms with van der Waals surface area (Å²) in [4.78, 5) is 14.0. The third-order valence-electron chi connectivity index (χ3n) is 4.78. The molecule has 2 aliphatic heterocycles. The van der Waals surface area contributed by atoms with Gasteiger partial charge in [0, 0.05) is 19.0 Å². The summed E-state index contributed by atoms with van der Waals surface area (Å²) in [5, 5.41) is 3.41. The fourth-order valence-electron chi connectivity index (χ4n) is 3.40. The maximum absolute atomic E-state index is 12.2. The molecule has 22 heavy (non-hydrogen) atoms. The highest BCUT2D eigenvalue weighted by molar-refractivity contribution is 5.70. The van der Waals surface area contributed by atoms with Crippen molar-refractivity contribution in [3.63, 3.8) is 0 Å². The highest BCUT2D eigenvalue weighted by Crippen LogP contribution is 2.34. The molecule has 120 valence electrons. The molecule has 0 aliphatic carbocycles. The monoisotopic (exact) mass is 304 g/mol. The third-order valence-corrected chi connectivity index (χ3v) is 4.78. The lowest BCUT2D eigenvalue weighted by molar-refractivity contribution is 0.0121. The van der Waals surface area contributed by atoms with Crippen molar-refractivity contribution < 1.29 is 14.3 Å². The summed E-state index contributed by atoms with van der Waals surface area (Å²) in [6.07, 6.45) is 2.06. The fourth-order valence-corrected chi connectivity index (χ4v) is 3.40. The summed E-state index contributed by atoms with van der Waals surface area (Å²) in [5.74, 6) is 1.22. The zero-order valence-corrected chi connectivity index (χ0v) is 13.3. The zero-order chi connectivity index (χ0) is 15.6. The minimum absolute atomic E-state index is 0.205. The average Bonchev–Trinajstić information content (AvgIpc) is 2.84. The lowest BCUT2D eigenvalue weighted by Crippen LogP contribution is -2.46. The maximum atomic E-state index is 12.2. The van der Waals surface area contributed by atoms with E-state index in [0.717, 1.165) is 37.2 Å². The van der Waals surface area contributed by atoms with Crippen LogP contribution < -0.4 is 10.1 Å². The molecule has 5 nitrogen and oxygen atoms in total. The molecule has 0 radical (unpaired) electrons. The van der Waals surface area contributed by atoms with Crippen LogP contribution in [-0.2, 0) is 11.3 Å². The first-order valence-electron chi connectivity index (χ1n) is 7.92. The van der Waals surface area contributed by atoms with Crippen molar-refractivity contribution in [3.8, 4) is 5.75 Å². The smallest absolute Gasteiger partial charge is 0.410 e. The van der Waals surface area contributed by atoms with Gasteiger partial charge in [-0.05, 0) is 44.0 Å². The van der Waals surface area contributed by atoms with E-state index in [9.17, 15) is 4.79 Å². The topological polar surface area (TPSA) is 50.8 Å². The number of benzene rings is 1. The van der Waals surface area contributed by atoms with E-state index in [-0.39, 0.29) is 11.7 Å². The van der Waals surface area contributed by atoms with E-state index in [1.165, 1.54) is 0 Å². The fraction of sp³-hybridized carbons (Fsp3) is 0.588. The van der Waals surface area contributed by atoms with Gasteiger partial charge in [-0.25, -0.2) is 4.79 Å². The molecule has 1 amide bonds. The molecule has 2 aliphatic rings. The van der Waals surface area contributed by atoms with Crippen LogP contribution in [0.4, 0.5) is 4.79 Å². The highest BCUT2D eigenvalue weighted by Gasteiger charge is 2.46. The van der Waals surface area contributed by atoms with Crippen LogP contribution in [-0.4, -0.2) is 43.3 Å². The lowest BCUT2D eigenvalue weighted by atomic mass is 9.83. The van der Waals surface area contributed by atoms with Gasteiger partial charge >= 0.3 is 6.09 Å². The molecular formula is C17H24N2O3. The standard InChI is InChI=1S/C17H24N2O3/c1-17(14-4-3-9-18-10-14)12-19(16(20)22-17)11-13-5-7-15(21-2)8-6-13/h5-8,14,18H,3-4,9-12H2,1-2H3. The first-order chi connectivity index (χ1) is 10.6. The van der Waals surface area contributed by atoms with Crippen LogP contribution in [0.5, 0.6) is 5.75 Å². The summed E-state index contributed by atoms with van der Waals surface area (Å²) >= 11 is 0. The molecule has 2 fully saturated rings. The Kier molecular flexibility index (Phi) is 4.25. The highest BCUT2D eigenvalue weighted by atomic mass is 16.6. The second-order valence-electron chi connectivity index (χ2n) is 6.43. The van der Waals surface area contributed by atoms with Gasteiger partial charge in [-0.2, -0.15) is 0 Å². The molecule has 0 spiro atoms. The van der Waals surface area contributed by atoms with Crippen molar-refractivity contribution in [2.45, 2.75) is 31.9 Å². The van der Waals surface area contributed by atoms with E-state index < -0.39 is 0 Å². The first kappa shape index (κ1) is 15.2. The summed E-state index contributed by atoms with van der Waals surface area (Å²) in [6.45, 7) is 5.30. The van der Waals surface area contributed by atoms with Crippen LogP contribution >= 0.6 is 0 Å². The van der Waals surface area contributed by atoms with E-state index in [1.807, 2.05) is 24.3 Å². The van der Waals surface area contributed by atoms with Gasteiger partial charge in [-0.3, -0.25) is 4.90 Å². The number of methoxy groups -OCH3 is 1. The van der Waals surface area contributed by atoms with Crippen LogP contribution in [0.2, 0.25) is 0 Å². The number of ether oxygens (including phenoxy) is 2. The number of nitrogens with zero attached hydrogens (tertiary/aromatic N) is 1. The zero-order valence-electron chi connectivity index (χ0n) is 13.3. The minimum Gasteiger partial charge on any atom is -0.497 e. The van der Waals surface area contributed by atoms with Gasteiger partial charge in [-0.1, -0.05) is 12.1 Å². The lowest BCUT2D eigenvalue weighted by Gasteiger charge is -2.34. The summed E-state index contributed by atoms with van der Waals surface area (Å²) < 4.78 is 10.9. The number of cyclic esters (lactones) is 1. The normalized spacial score (nSPS) is 28.5. The van der Waals surface area contributed by atoms with E-state index in [4.69, 9.17) is 9.47 Å². The predicted molar refractivity (Wildman–Crippen MR) is 83.9 cm³/mol. The molecule has 1 aromatic rings. The van der Waals surface area contributed by atoms with Crippen molar-refractivity contribution in [2.75, 3.05) is 26.7 Å². The van der Waals surface area contributed by atoms with Crippen LogP contribution in [0.25, 0.3) is 0 Å². The van der Waals surface area contributed by atoms with E-state index >= 15 is 0 Å². The van der Waals surface area contributed by atoms with Gasteiger partial charge in [0.2, 0.25) is 0 Å². The maximum Gasteiger partial charge on any atom is 0.410 e. The molecule has 2 saturated heterocycles. The summed E-state index contributed by atoms with van der Waals surface area (Å²) in [7, 11) is 1.65. The van der Waals surface area contributed by atoms with Crippen molar-refractivity contribution >= 4 is 6.09 Å². The Labute approximate surface area is 131 Å². The predicted octanol–water partition coefficient (Wildman–Crippen LogP) is 2.41. The Morgan fingerprint density at radius 1 is 1.41 bits per heavy atom. The number of carbonyl (C=O) groups is 1. The Hall–Kier alpha value is -1.75. The van der Waals surface area contributed by atoms with Gasteiger partial charge in [-0.15, -0.1) is 0 Å². The van der Waals surface area contributed by atoms with E-state index in [1.54, 1.807) is 12.0 Å². The molecule has 0 bridgehead atoms. The van der Waals surface area contributed by atoms with Gasteiger partial charge < -0.3 is 14.8 Å². The quantitative estimate of drug-likeness (QED) is 0.928. The van der Waals surface area contributed by atoms with Crippen molar-refractivity contribution in [1.29, 1.82) is 0 Å². The number of nitrogens with one attached hydrogen (secondary N) is 1. The Morgan fingerprint density at radius 2 is 2.18 bits per heavy atom. The molecule has 0 aromatic heterocycles. The molecule has 2 heterocycles. The van der Waals surface area contributed by atoms with Gasteiger partial charge in [0.1, 0.15) is 11.4 Å².